The lowest BCUT2D eigenvalue weighted by atomic mass is 10.2. The smallest absolute Gasteiger partial charge is 0.335 e. The van der Waals surface area contributed by atoms with Crippen molar-refractivity contribution in [3.8, 4) is 6.07 Å². The monoisotopic (exact) mass is 365 g/mol. The van der Waals surface area contributed by atoms with Crippen molar-refractivity contribution in [3.63, 3.8) is 0 Å². The Morgan fingerprint density at radius 1 is 1.11 bits per heavy atom. The molecule has 2 aromatic carbocycles. The number of aliphatic hydroxyl groups excluding tert-OH is 1. The van der Waals surface area contributed by atoms with Crippen LogP contribution in [0.1, 0.15) is 15.9 Å². The van der Waals surface area contributed by atoms with E-state index in [1.54, 1.807) is 4.90 Å². The zero-order valence-electron chi connectivity index (χ0n) is 14.5. The molecule has 0 unspecified atom stereocenters. The van der Waals surface area contributed by atoms with Gasteiger partial charge in [-0.2, -0.15) is 5.26 Å². The Balaban J connectivity index is 2.12. The first-order chi connectivity index (χ1) is 13.0. The molecule has 0 aliphatic rings. The van der Waals surface area contributed by atoms with E-state index in [1.165, 1.54) is 30.5 Å². The molecule has 0 aromatic heterocycles. The van der Waals surface area contributed by atoms with Crippen LogP contribution in [0.4, 0.5) is 5.69 Å². The number of carboxylic acids is 1. The van der Waals surface area contributed by atoms with Gasteiger partial charge in [0.1, 0.15) is 11.6 Å². The first-order valence-corrected chi connectivity index (χ1v) is 8.19. The van der Waals surface area contributed by atoms with Crippen molar-refractivity contribution in [3.05, 3.63) is 77.5 Å². The molecule has 0 heterocycles. The lowest BCUT2D eigenvalue weighted by molar-refractivity contribution is -0.112. The average molecular weight is 365 g/mol. The van der Waals surface area contributed by atoms with Crippen LogP contribution in [-0.2, 0) is 11.3 Å². The van der Waals surface area contributed by atoms with Gasteiger partial charge in [-0.1, -0.05) is 30.3 Å². The van der Waals surface area contributed by atoms with Crippen LogP contribution in [0.2, 0.25) is 0 Å². The van der Waals surface area contributed by atoms with E-state index < -0.39 is 11.9 Å². The second-order valence-electron chi connectivity index (χ2n) is 5.67. The summed E-state index contributed by atoms with van der Waals surface area (Å²) in [6.45, 7) is 0.578. The number of nitriles is 1. The molecule has 2 rings (SSSR count). The maximum atomic E-state index is 12.3. The van der Waals surface area contributed by atoms with E-state index in [2.05, 4.69) is 5.32 Å². The molecule has 2 aromatic rings. The molecular formula is C20H19N3O4. The van der Waals surface area contributed by atoms with E-state index in [4.69, 9.17) is 5.11 Å². The van der Waals surface area contributed by atoms with Crippen LogP contribution in [0.5, 0.6) is 0 Å². The SMILES string of the molecule is N#C/C(=C/N(CCO)Cc1ccccc1)C(=O)Nc1ccc(C(=O)O)cc1. The Morgan fingerprint density at radius 2 is 1.78 bits per heavy atom. The van der Waals surface area contributed by atoms with Crippen molar-refractivity contribution in [1.82, 2.24) is 4.90 Å². The Morgan fingerprint density at radius 3 is 2.33 bits per heavy atom. The molecule has 7 heteroatoms. The van der Waals surface area contributed by atoms with Gasteiger partial charge in [0.15, 0.2) is 0 Å². The summed E-state index contributed by atoms with van der Waals surface area (Å²) < 4.78 is 0. The van der Waals surface area contributed by atoms with Crippen LogP contribution < -0.4 is 5.32 Å². The quantitative estimate of drug-likeness (QED) is 0.488. The highest BCUT2D eigenvalue weighted by Gasteiger charge is 2.12. The molecule has 0 atom stereocenters. The van der Waals surface area contributed by atoms with Gasteiger partial charge in [-0.25, -0.2) is 4.79 Å². The Kier molecular flexibility index (Phi) is 7.11. The van der Waals surface area contributed by atoms with E-state index >= 15 is 0 Å². The summed E-state index contributed by atoms with van der Waals surface area (Å²) in [5.41, 5.74) is 1.33. The van der Waals surface area contributed by atoms with Gasteiger partial charge in [0.25, 0.3) is 5.91 Å². The zero-order chi connectivity index (χ0) is 19.6. The highest BCUT2D eigenvalue weighted by Crippen LogP contribution is 2.12. The number of nitrogens with one attached hydrogen (secondary N) is 1. The topological polar surface area (TPSA) is 114 Å². The first kappa shape index (κ1) is 19.7. The molecular weight excluding hydrogens is 346 g/mol. The third-order valence-electron chi connectivity index (χ3n) is 3.68. The van der Waals surface area contributed by atoms with Crippen LogP contribution in [0.3, 0.4) is 0 Å². The number of anilines is 1. The molecule has 3 N–H and O–H groups in total. The number of carbonyl (C=O) groups excluding carboxylic acids is 1. The maximum absolute atomic E-state index is 12.3. The second kappa shape index (κ2) is 9.75. The van der Waals surface area contributed by atoms with Gasteiger partial charge in [0.2, 0.25) is 0 Å². The van der Waals surface area contributed by atoms with Crippen LogP contribution in [0.15, 0.2) is 66.4 Å². The highest BCUT2D eigenvalue weighted by atomic mass is 16.4. The van der Waals surface area contributed by atoms with Crippen LogP contribution >= 0.6 is 0 Å². The number of rotatable bonds is 8. The van der Waals surface area contributed by atoms with Crippen molar-refractivity contribution < 1.29 is 19.8 Å². The number of hydrogen-bond acceptors (Lipinski definition) is 5. The standard InChI is InChI=1S/C20H19N3O4/c21-12-17(14-23(10-11-24)13-15-4-2-1-3-5-15)19(25)22-18-8-6-16(7-9-18)20(26)27/h1-9,14,24H,10-11,13H2,(H,22,25)(H,26,27)/b17-14-. The second-order valence-corrected chi connectivity index (χ2v) is 5.67. The minimum atomic E-state index is -1.06. The summed E-state index contributed by atoms with van der Waals surface area (Å²) in [5, 5.41) is 30.0. The zero-order valence-corrected chi connectivity index (χ0v) is 14.5. The summed E-state index contributed by atoms with van der Waals surface area (Å²) >= 11 is 0. The summed E-state index contributed by atoms with van der Waals surface area (Å²) in [4.78, 5) is 24.9. The van der Waals surface area contributed by atoms with Gasteiger partial charge in [0.05, 0.1) is 12.2 Å². The largest absolute Gasteiger partial charge is 0.478 e. The number of aliphatic hydroxyl groups is 1. The van der Waals surface area contributed by atoms with E-state index in [-0.39, 0.29) is 24.3 Å². The molecule has 0 fully saturated rings. The van der Waals surface area contributed by atoms with E-state index in [0.29, 0.717) is 12.2 Å². The first-order valence-electron chi connectivity index (χ1n) is 8.19. The lowest BCUT2D eigenvalue weighted by Gasteiger charge is -2.20. The van der Waals surface area contributed by atoms with Crippen molar-refractivity contribution in [2.24, 2.45) is 0 Å². The van der Waals surface area contributed by atoms with Gasteiger partial charge in [-0.3, -0.25) is 4.79 Å². The van der Waals surface area contributed by atoms with E-state index in [0.717, 1.165) is 5.56 Å². The third-order valence-corrected chi connectivity index (χ3v) is 3.68. The molecule has 7 nitrogen and oxygen atoms in total. The van der Waals surface area contributed by atoms with Crippen molar-refractivity contribution >= 4 is 17.6 Å². The molecule has 1 amide bonds. The lowest BCUT2D eigenvalue weighted by Crippen LogP contribution is -2.24. The summed E-state index contributed by atoms with van der Waals surface area (Å²) in [7, 11) is 0. The third kappa shape index (κ3) is 5.99. The molecule has 0 saturated heterocycles. The van der Waals surface area contributed by atoms with Gasteiger partial charge >= 0.3 is 5.97 Å². The Bertz CT molecular complexity index is 855. The van der Waals surface area contributed by atoms with E-state index in [1.807, 2.05) is 36.4 Å². The number of hydrogen-bond donors (Lipinski definition) is 3. The predicted molar refractivity (Wildman–Crippen MR) is 99.7 cm³/mol. The molecule has 0 bridgehead atoms. The fourth-order valence-electron chi connectivity index (χ4n) is 2.35. The minimum absolute atomic E-state index is 0.0982. The molecule has 0 saturated carbocycles. The van der Waals surface area contributed by atoms with Crippen molar-refractivity contribution in [1.29, 1.82) is 5.26 Å². The molecule has 0 aliphatic heterocycles. The average Bonchev–Trinajstić information content (AvgIpc) is 2.67. The molecule has 0 aliphatic carbocycles. The number of carbonyl (C=O) groups is 2. The number of nitrogens with zero attached hydrogens (tertiary/aromatic N) is 2. The molecule has 138 valence electrons. The van der Waals surface area contributed by atoms with Crippen LogP contribution in [0.25, 0.3) is 0 Å². The fraction of sp³-hybridized carbons (Fsp3) is 0.150. The van der Waals surface area contributed by atoms with E-state index in [9.17, 15) is 20.0 Å². The van der Waals surface area contributed by atoms with Crippen molar-refractivity contribution in [2.45, 2.75) is 6.54 Å². The van der Waals surface area contributed by atoms with Crippen molar-refractivity contribution in [2.75, 3.05) is 18.5 Å². The Labute approximate surface area is 156 Å². The minimum Gasteiger partial charge on any atom is -0.478 e. The fourth-order valence-corrected chi connectivity index (χ4v) is 2.35. The normalized spacial score (nSPS) is 10.7. The number of benzene rings is 2. The number of carboxylic acid groups (broad SMARTS) is 1. The van der Waals surface area contributed by atoms with Gasteiger partial charge in [-0.05, 0) is 29.8 Å². The van der Waals surface area contributed by atoms with Gasteiger partial charge < -0.3 is 20.4 Å². The Hall–Kier alpha value is -3.63. The summed E-state index contributed by atoms with van der Waals surface area (Å²) in [6, 6.07) is 17.0. The van der Waals surface area contributed by atoms with Crippen LogP contribution in [0, 0.1) is 11.3 Å². The summed E-state index contributed by atoms with van der Waals surface area (Å²) in [5.74, 6) is -1.68. The van der Waals surface area contributed by atoms with Gasteiger partial charge in [-0.15, -0.1) is 0 Å². The molecule has 0 radical (unpaired) electrons. The predicted octanol–water partition coefficient (Wildman–Crippen LogP) is 2.23. The highest BCUT2D eigenvalue weighted by molar-refractivity contribution is 6.06. The van der Waals surface area contributed by atoms with Crippen LogP contribution in [-0.4, -0.2) is 40.1 Å². The number of aromatic carboxylic acids is 1. The summed E-state index contributed by atoms with van der Waals surface area (Å²) in [6.07, 6.45) is 1.41. The number of amides is 1. The molecule has 27 heavy (non-hydrogen) atoms. The molecule has 0 spiro atoms. The van der Waals surface area contributed by atoms with Gasteiger partial charge in [0, 0.05) is 25.0 Å². The maximum Gasteiger partial charge on any atom is 0.335 e.